The van der Waals surface area contributed by atoms with Gasteiger partial charge in [0.2, 0.25) is 0 Å². The van der Waals surface area contributed by atoms with Gasteiger partial charge in [0.25, 0.3) is 0 Å². The Kier molecular flexibility index (Phi) is 9.84. The van der Waals surface area contributed by atoms with E-state index in [1.165, 1.54) is 44.1 Å². The number of nitrogens with zero attached hydrogens (tertiary/aromatic N) is 2. The number of benzene rings is 11. The molecule has 13 rings (SSSR count). The average Bonchev–Trinajstić information content (AvgIpc) is 3.98. The molecule has 11 aromatic carbocycles. The SMILES string of the molecule is c1ccc(-c2cccc(-c3ccccc3N(c3ccc(-c4cccc5c4oc4ccccc45)cc3)c3cccc(-c4ccccc4-c4ccccc4-n4c5ccccc5c5ccccc54)c3)c2)cc1. The molecule has 69 heavy (non-hydrogen) atoms. The topological polar surface area (TPSA) is 21.3 Å². The fourth-order valence-electron chi connectivity index (χ4n) is 10.5. The molecule has 0 fully saturated rings. The number of furan rings is 1. The summed E-state index contributed by atoms with van der Waals surface area (Å²) in [4.78, 5) is 2.41. The van der Waals surface area contributed by atoms with Crippen molar-refractivity contribution in [2.75, 3.05) is 4.90 Å². The van der Waals surface area contributed by atoms with Gasteiger partial charge in [-0.25, -0.2) is 0 Å². The van der Waals surface area contributed by atoms with Gasteiger partial charge in [0.1, 0.15) is 11.2 Å². The van der Waals surface area contributed by atoms with Crippen molar-refractivity contribution in [3.8, 4) is 61.3 Å². The predicted molar refractivity (Wildman–Crippen MR) is 290 cm³/mol. The van der Waals surface area contributed by atoms with Crippen LogP contribution in [0.4, 0.5) is 17.1 Å². The van der Waals surface area contributed by atoms with E-state index in [1.54, 1.807) is 0 Å². The van der Waals surface area contributed by atoms with Gasteiger partial charge in [-0.15, -0.1) is 0 Å². The quantitative estimate of drug-likeness (QED) is 0.144. The Morgan fingerprint density at radius 2 is 0.826 bits per heavy atom. The summed E-state index contributed by atoms with van der Waals surface area (Å²) in [6.45, 7) is 0. The molecule has 2 heterocycles. The molecular formula is C66H44N2O. The van der Waals surface area contributed by atoms with E-state index in [1.807, 2.05) is 12.1 Å². The fourth-order valence-corrected chi connectivity index (χ4v) is 10.5. The van der Waals surface area contributed by atoms with E-state index in [4.69, 9.17) is 4.42 Å². The average molecular weight is 881 g/mol. The van der Waals surface area contributed by atoms with Crippen molar-refractivity contribution >= 4 is 60.8 Å². The molecule has 0 bridgehead atoms. The molecule has 0 spiro atoms. The highest BCUT2D eigenvalue weighted by molar-refractivity contribution is 6.11. The molecule has 2 aromatic heterocycles. The standard InChI is InChI=1S/C66H44N2O/c1-2-19-45(20-3-1)47-21-16-22-48(43-47)53-26-6-11-34-61(53)67(50-41-39-46(40-42-50)54-32-18-33-60-59-31-10-15-38-65(59)69-66(54)60)51-24-17-23-49(44-51)52-25-4-5-27-55(52)56-28-7-12-35-62(56)68-63-36-13-8-29-57(63)58-30-9-14-37-64(58)68/h1-44H. The Morgan fingerprint density at radius 3 is 1.61 bits per heavy atom. The predicted octanol–water partition coefficient (Wildman–Crippen LogP) is 18.5. The molecule has 0 aliphatic carbocycles. The molecule has 0 saturated carbocycles. The molecule has 0 radical (unpaired) electrons. The van der Waals surface area contributed by atoms with Crippen LogP contribution in [0.1, 0.15) is 0 Å². The lowest BCUT2D eigenvalue weighted by atomic mass is 9.93. The lowest BCUT2D eigenvalue weighted by Gasteiger charge is -2.29. The lowest BCUT2D eigenvalue weighted by Crippen LogP contribution is -2.11. The van der Waals surface area contributed by atoms with Crippen LogP contribution in [0.15, 0.2) is 271 Å². The van der Waals surface area contributed by atoms with Crippen molar-refractivity contribution in [2.24, 2.45) is 0 Å². The Hall–Kier alpha value is -9.18. The van der Waals surface area contributed by atoms with Crippen LogP contribution in [-0.4, -0.2) is 4.57 Å². The molecule has 0 aliphatic rings. The maximum absolute atomic E-state index is 6.51. The fraction of sp³-hybridized carbons (Fsp3) is 0. The molecular weight excluding hydrogens is 837 g/mol. The number of rotatable bonds is 9. The minimum atomic E-state index is 0.896. The van der Waals surface area contributed by atoms with Crippen LogP contribution in [0.3, 0.4) is 0 Å². The smallest absolute Gasteiger partial charge is 0.143 e. The summed E-state index contributed by atoms with van der Waals surface area (Å²) in [7, 11) is 0. The minimum absolute atomic E-state index is 0.896. The molecule has 3 nitrogen and oxygen atoms in total. The minimum Gasteiger partial charge on any atom is -0.455 e. The molecule has 13 aromatic rings. The molecule has 0 aliphatic heterocycles. The number of aromatic nitrogens is 1. The molecule has 0 saturated heterocycles. The first-order valence-corrected chi connectivity index (χ1v) is 23.6. The summed E-state index contributed by atoms with van der Waals surface area (Å²) in [5, 5.41) is 4.74. The number of hydrogen-bond acceptors (Lipinski definition) is 2. The van der Waals surface area contributed by atoms with Crippen LogP contribution in [0.5, 0.6) is 0 Å². The first-order valence-electron chi connectivity index (χ1n) is 23.6. The van der Waals surface area contributed by atoms with Crippen molar-refractivity contribution in [1.82, 2.24) is 4.57 Å². The van der Waals surface area contributed by atoms with Crippen molar-refractivity contribution in [3.63, 3.8) is 0 Å². The molecule has 0 amide bonds. The van der Waals surface area contributed by atoms with E-state index in [0.717, 1.165) is 78.1 Å². The summed E-state index contributed by atoms with van der Waals surface area (Å²) in [5.74, 6) is 0. The van der Waals surface area contributed by atoms with E-state index < -0.39 is 0 Å². The Labute approximate surface area is 401 Å². The van der Waals surface area contributed by atoms with Crippen LogP contribution in [0.25, 0.3) is 105 Å². The Morgan fingerprint density at radius 1 is 0.290 bits per heavy atom. The largest absolute Gasteiger partial charge is 0.455 e. The van der Waals surface area contributed by atoms with Crippen LogP contribution in [0, 0.1) is 0 Å². The summed E-state index contributed by atoms with van der Waals surface area (Å²) in [6.07, 6.45) is 0. The Balaban J connectivity index is 0.968. The molecule has 0 unspecified atom stereocenters. The van der Waals surface area contributed by atoms with E-state index in [-0.39, 0.29) is 0 Å². The van der Waals surface area contributed by atoms with Gasteiger partial charge in [-0.3, -0.25) is 0 Å². The maximum atomic E-state index is 6.51. The number of para-hydroxylation sites is 6. The zero-order valence-electron chi connectivity index (χ0n) is 37.7. The molecule has 324 valence electrons. The third-order valence-electron chi connectivity index (χ3n) is 13.6. The highest BCUT2D eigenvalue weighted by atomic mass is 16.3. The summed E-state index contributed by atoms with van der Waals surface area (Å²) in [6, 6.07) is 96.1. The highest BCUT2D eigenvalue weighted by Crippen LogP contribution is 2.45. The normalized spacial score (nSPS) is 11.5. The molecule has 0 N–H and O–H groups in total. The van der Waals surface area contributed by atoms with E-state index in [0.29, 0.717) is 0 Å². The van der Waals surface area contributed by atoms with Gasteiger partial charge in [0.15, 0.2) is 0 Å². The lowest BCUT2D eigenvalue weighted by molar-refractivity contribution is 0.670. The van der Waals surface area contributed by atoms with Crippen LogP contribution in [0.2, 0.25) is 0 Å². The second kappa shape index (κ2) is 16.9. The second-order valence-electron chi connectivity index (χ2n) is 17.6. The zero-order chi connectivity index (χ0) is 45.7. The highest BCUT2D eigenvalue weighted by Gasteiger charge is 2.21. The second-order valence-corrected chi connectivity index (χ2v) is 17.6. The van der Waals surface area contributed by atoms with Crippen LogP contribution >= 0.6 is 0 Å². The van der Waals surface area contributed by atoms with E-state index in [2.05, 4.69) is 264 Å². The van der Waals surface area contributed by atoms with Crippen LogP contribution < -0.4 is 4.90 Å². The number of fused-ring (bicyclic) bond motifs is 6. The number of anilines is 3. The summed E-state index contributed by atoms with van der Waals surface area (Å²) >= 11 is 0. The first kappa shape index (κ1) is 40.1. The van der Waals surface area contributed by atoms with Gasteiger partial charge in [0, 0.05) is 49.6 Å². The van der Waals surface area contributed by atoms with E-state index in [9.17, 15) is 0 Å². The van der Waals surface area contributed by atoms with Crippen molar-refractivity contribution in [2.45, 2.75) is 0 Å². The maximum Gasteiger partial charge on any atom is 0.143 e. The van der Waals surface area contributed by atoms with Crippen molar-refractivity contribution in [1.29, 1.82) is 0 Å². The third-order valence-corrected chi connectivity index (χ3v) is 13.6. The van der Waals surface area contributed by atoms with Crippen LogP contribution in [-0.2, 0) is 0 Å². The zero-order valence-corrected chi connectivity index (χ0v) is 37.7. The van der Waals surface area contributed by atoms with Gasteiger partial charge >= 0.3 is 0 Å². The van der Waals surface area contributed by atoms with Gasteiger partial charge in [-0.1, -0.05) is 206 Å². The van der Waals surface area contributed by atoms with Crippen molar-refractivity contribution < 1.29 is 4.42 Å². The van der Waals surface area contributed by atoms with Crippen molar-refractivity contribution in [3.05, 3.63) is 267 Å². The first-order chi connectivity index (χ1) is 34.2. The van der Waals surface area contributed by atoms with E-state index >= 15 is 0 Å². The van der Waals surface area contributed by atoms with Gasteiger partial charge in [-0.2, -0.15) is 0 Å². The molecule has 0 atom stereocenters. The summed E-state index contributed by atoms with van der Waals surface area (Å²) < 4.78 is 8.94. The monoisotopic (exact) mass is 880 g/mol. The van der Waals surface area contributed by atoms with Gasteiger partial charge in [-0.05, 0) is 99.6 Å². The summed E-state index contributed by atoms with van der Waals surface area (Å²) in [5.41, 5.74) is 19.9. The molecule has 3 heteroatoms. The Bertz CT molecular complexity index is 3970. The van der Waals surface area contributed by atoms with Gasteiger partial charge < -0.3 is 13.9 Å². The van der Waals surface area contributed by atoms with Gasteiger partial charge in [0.05, 0.1) is 22.4 Å². The third kappa shape index (κ3) is 6.99. The number of hydrogen-bond donors (Lipinski definition) is 0.